The Morgan fingerprint density at radius 2 is 1.83 bits per heavy atom. The molecule has 0 saturated heterocycles. The van der Waals surface area contributed by atoms with Gasteiger partial charge in [0, 0.05) is 10.6 Å². The van der Waals surface area contributed by atoms with Crippen molar-refractivity contribution in [1.29, 1.82) is 5.26 Å². The van der Waals surface area contributed by atoms with Gasteiger partial charge in [0.15, 0.2) is 0 Å². The maximum absolute atomic E-state index is 8.84. The minimum absolute atomic E-state index is 0.733. The van der Waals surface area contributed by atoms with Crippen LogP contribution in [0, 0.1) is 25.2 Å². The summed E-state index contributed by atoms with van der Waals surface area (Å²) in [6.07, 6.45) is 0. The number of nitrogens with zero attached hydrogens (tertiary/aromatic N) is 1. The molecule has 0 spiro atoms. The van der Waals surface area contributed by atoms with Gasteiger partial charge in [-0.05, 0) is 48.7 Å². The van der Waals surface area contributed by atoms with E-state index in [4.69, 9.17) is 5.26 Å². The zero-order chi connectivity index (χ0) is 13.0. The molecule has 18 heavy (non-hydrogen) atoms. The highest BCUT2D eigenvalue weighted by Gasteiger charge is 2.03. The number of aryl methyl sites for hydroxylation is 2. The minimum atomic E-state index is 0.733. The molecular formula is C16H15NS. The predicted octanol–water partition coefficient (Wildman–Crippen LogP) is 4.47. The third-order valence-corrected chi connectivity index (χ3v) is 4.17. The van der Waals surface area contributed by atoms with Gasteiger partial charge in [0.25, 0.3) is 0 Å². The third kappa shape index (κ3) is 2.94. The molecule has 90 valence electrons. The van der Waals surface area contributed by atoms with Crippen LogP contribution in [0.25, 0.3) is 0 Å². The standard InChI is InChI=1S/C16H15NS/c1-12-5-3-4-6-16(12)18-11-15-8-7-14(10-17)9-13(15)2/h3-9H,11H2,1-2H3. The normalized spacial score (nSPS) is 10.1. The highest BCUT2D eigenvalue weighted by Crippen LogP contribution is 2.27. The first-order valence-corrected chi connectivity index (χ1v) is 6.87. The summed E-state index contributed by atoms with van der Waals surface area (Å²) in [7, 11) is 0. The number of rotatable bonds is 3. The van der Waals surface area contributed by atoms with Crippen LogP contribution in [0.3, 0.4) is 0 Å². The van der Waals surface area contributed by atoms with Crippen molar-refractivity contribution in [1.82, 2.24) is 0 Å². The Morgan fingerprint density at radius 3 is 2.50 bits per heavy atom. The Morgan fingerprint density at radius 1 is 1.06 bits per heavy atom. The lowest BCUT2D eigenvalue weighted by atomic mass is 10.1. The highest BCUT2D eigenvalue weighted by atomic mass is 32.2. The summed E-state index contributed by atoms with van der Waals surface area (Å²) < 4.78 is 0. The average Bonchev–Trinajstić information content (AvgIpc) is 2.39. The number of nitriles is 1. The largest absolute Gasteiger partial charge is 0.192 e. The van der Waals surface area contributed by atoms with Gasteiger partial charge < -0.3 is 0 Å². The summed E-state index contributed by atoms with van der Waals surface area (Å²) in [6, 6.07) is 16.5. The Hall–Kier alpha value is -1.72. The predicted molar refractivity (Wildman–Crippen MR) is 76.6 cm³/mol. The van der Waals surface area contributed by atoms with E-state index < -0.39 is 0 Å². The van der Waals surface area contributed by atoms with E-state index in [2.05, 4.69) is 50.2 Å². The lowest BCUT2D eigenvalue weighted by molar-refractivity contribution is 1.26. The van der Waals surface area contributed by atoms with Crippen LogP contribution in [0.2, 0.25) is 0 Å². The molecule has 0 aliphatic rings. The number of benzene rings is 2. The lowest BCUT2D eigenvalue weighted by Crippen LogP contribution is -1.88. The van der Waals surface area contributed by atoms with Crippen LogP contribution in [0.1, 0.15) is 22.3 Å². The summed E-state index contributed by atoms with van der Waals surface area (Å²) in [5.41, 5.74) is 4.53. The average molecular weight is 253 g/mol. The number of hydrogen-bond acceptors (Lipinski definition) is 2. The maximum atomic E-state index is 8.84. The molecule has 0 fully saturated rings. The molecule has 0 N–H and O–H groups in total. The van der Waals surface area contributed by atoms with Gasteiger partial charge in [-0.25, -0.2) is 0 Å². The fraction of sp³-hybridized carbons (Fsp3) is 0.188. The molecule has 0 amide bonds. The fourth-order valence-corrected chi connectivity index (χ4v) is 2.91. The first kappa shape index (κ1) is 12.7. The highest BCUT2D eigenvalue weighted by molar-refractivity contribution is 7.98. The molecule has 0 heterocycles. The van der Waals surface area contributed by atoms with Crippen molar-refractivity contribution in [2.75, 3.05) is 0 Å². The molecule has 0 bridgehead atoms. The molecule has 0 saturated carbocycles. The molecule has 2 aromatic rings. The molecule has 2 aromatic carbocycles. The Labute approximate surface area is 112 Å². The summed E-state index contributed by atoms with van der Waals surface area (Å²) in [5.74, 6) is 0.947. The second-order valence-corrected chi connectivity index (χ2v) is 5.32. The van der Waals surface area contributed by atoms with E-state index in [-0.39, 0.29) is 0 Å². The van der Waals surface area contributed by atoms with Crippen molar-refractivity contribution >= 4 is 11.8 Å². The molecule has 0 aliphatic carbocycles. The van der Waals surface area contributed by atoms with E-state index in [9.17, 15) is 0 Å². The summed E-state index contributed by atoms with van der Waals surface area (Å²) in [5, 5.41) is 8.84. The molecule has 0 aromatic heterocycles. The lowest BCUT2D eigenvalue weighted by Gasteiger charge is -2.08. The number of hydrogen-bond donors (Lipinski definition) is 0. The van der Waals surface area contributed by atoms with Gasteiger partial charge in [-0.15, -0.1) is 11.8 Å². The van der Waals surface area contributed by atoms with Gasteiger partial charge in [0.1, 0.15) is 0 Å². The van der Waals surface area contributed by atoms with E-state index in [1.807, 2.05) is 23.9 Å². The monoisotopic (exact) mass is 253 g/mol. The van der Waals surface area contributed by atoms with Crippen molar-refractivity contribution < 1.29 is 0 Å². The van der Waals surface area contributed by atoms with Crippen molar-refractivity contribution in [3.05, 3.63) is 64.7 Å². The van der Waals surface area contributed by atoms with Crippen LogP contribution in [0.4, 0.5) is 0 Å². The van der Waals surface area contributed by atoms with Gasteiger partial charge in [-0.1, -0.05) is 24.3 Å². The first-order valence-electron chi connectivity index (χ1n) is 5.89. The smallest absolute Gasteiger partial charge is 0.0991 e. The molecular weight excluding hydrogens is 238 g/mol. The third-order valence-electron chi connectivity index (χ3n) is 2.95. The van der Waals surface area contributed by atoms with Crippen LogP contribution in [0.5, 0.6) is 0 Å². The van der Waals surface area contributed by atoms with E-state index >= 15 is 0 Å². The van der Waals surface area contributed by atoms with Gasteiger partial charge in [0.05, 0.1) is 11.6 Å². The molecule has 2 rings (SSSR count). The SMILES string of the molecule is Cc1cc(C#N)ccc1CSc1ccccc1C. The van der Waals surface area contributed by atoms with Crippen molar-refractivity contribution in [2.45, 2.75) is 24.5 Å². The molecule has 0 aliphatic heterocycles. The van der Waals surface area contributed by atoms with E-state index in [1.165, 1.54) is 21.6 Å². The minimum Gasteiger partial charge on any atom is -0.192 e. The Balaban J connectivity index is 2.12. The zero-order valence-corrected chi connectivity index (χ0v) is 11.4. The number of thioether (sulfide) groups is 1. The second-order valence-electron chi connectivity index (χ2n) is 4.31. The van der Waals surface area contributed by atoms with Crippen molar-refractivity contribution in [3.8, 4) is 6.07 Å². The topological polar surface area (TPSA) is 23.8 Å². The molecule has 2 heteroatoms. The summed E-state index contributed by atoms with van der Waals surface area (Å²) in [6.45, 7) is 4.20. The van der Waals surface area contributed by atoms with E-state index in [0.29, 0.717) is 0 Å². The Kier molecular flexibility index (Phi) is 4.07. The second kappa shape index (κ2) is 5.75. The van der Waals surface area contributed by atoms with Crippen LogP contribution in [-0.2, 0) is 5.75 Å². The molecule has 0 radical (unpaired) electrons. The van der Waals surface area contributed by atoms with E-state index in [0.717, 1.165) is 11.3 Å². The Bertz CT molecular complexity index is 596. The van der Waals surface area contributed by atoms with E-state index in [1.54, 1.807) is 0 Å². The summed E-state index contributed by atoms with van der Waals surface area (Å²) in [4.78, 5) is 1.32. The van der Waals surface area contributed by atoms with Crippen LogP contribution in [-0.4, -0.2) is 0 Å². The van der Waals surface area contributed by atoms with Gasteiger partial charge >= 0.3 is 0 Å². The van der Waals surface area contributed by atoms with Crippen molar-refractivity contribution in [2.24, 2.45) is 0 Å². The van der Waals surface area contributed by atoms with Gasteiger partial charge in [0.2, 0.25) is 0 Å². The first-order chi connectivity index (χ1) is 8.70. The van der Waals surface area contributed by atoms with Crippen LogP contribution >= 0.6 is 11.8 Å². The molecule has 0 atom stereocenters. The van der Waals surface area contributed by atoms with Crippen LogP contribution in [0.15, 0.2) is 47.4 Å². The zero-order valence-electron chi connectivity index (χ0n) is 10.6. The summed E-state index contributed by atoms with van der Waals surface area (Å²) >= 11 is 1.84. The fourth-order valence-electron chi connectivity index (χ4n) is 1.80. The molecule has 0 unspecified atom stereocenters. The maximum Gasteiger partial charge on any atom is 0.0991 e. The van der Waals surface area contributed by atoms with Crippen molar-refractivity contribution in [3.63, 3.8) is 0 Å². The van der Waals surface area contributed by atoms with Gasteiger partial charge in [-0.2, -0.15) is 5.26 Å². The quantitative estimate of drug-likeness (QED) is 0.754. The van der Waals surface area contributed by atoms with Gasteiger partial charge in [-0.3, -0.25) is 0 Å². The van der Waals surface area contributed by atoms with Crippen LogP contribution < -0.4 is 0 Å². The molecule has 1 nitrogen and oxygen atoms in total.